The number of hydrogen-bond donors (Lipinski definition) is 2. The first-order chi connectivity index (χ1) is 18.7. The highest BCUT2D eigenvalue weighted by atomic mass is 35.5. The summed E-state index contributed by atoms with van der Waals surface area (Å²) >= 11 is 0. The van der Waals surface area contributed by atoms with Crippen LogP contribution in [0.15, 0.2) is 35.9 Å². The van der Waals surface area contributed by atoms with Gasteiger partial charge in [0.1, 0.15) is 0 Å². The third-order valence-corrected chi connectivity index (χ3v) is 10.3. The SMILES string of the molecule is C=CC(=O)N1CCC(n2ncc3c(N4CCN(C(=O)[C@@H]5CCCN5)CC4)cc(S(=O)(=O)NC4(C)CC4)cc32)C1.Cl. The van der Waals surface area contributed by atoms with Gasteiger partial charge in [0.15, 0.2) is 0 Å². The van der Waals surface area contributed by atoms with Crippen molar-refractivity contribution in [2.24, 2.45) is 0 Å². The summed E-state index contributed by atoms with van der Waals surface area (Å²) in [5.41, 5.74) is 1.15. The van der Waals surface area contributed by atoms with Crippen molar-refractivity contribution in [2.45, 2.75) is 61.5 Å². The molecular weight excluding hydrogens is 554 g/mol. The number of piperazine rings is 1. The lowest BCUT2D eigenvalue weighted by Gasteiger charge is -2.37. The number of nitrogens with one attached hydrogen (secondary N) is 2. The number of amides is 2. The fraction of sp³-hybridized carbons (Fsp3) is 0.593. The molecule has 2 atom stereocenters. The number of hydrogen-bond acceptors (Lipinski definition) is 7. The third-order valence-electron chi connectivity index (χ3n) is 8.64. The molecule has 40 heavy (non-hydrogen) atoms. The zero-order valence-corrected chi connectivity index (χ0v) is 24.5. The van der Waals surface area contributed by atoms with Crippen LogP contribution in [0.1, 0.15) is 45.1 Å². The molecule has 6 rings (SSSR count). The molecule has 4 fully saturated rings. The average molecular weight is 592 g/mol. The highest BCUT2D eigenvalue weighted by molar-refractivity contribution is 7.89. The number of carbonyl (C=O) groups excluding carboxylic acids is 2. The van der Waals surface area contributed by atoms with E-state index >= 15 is 0 Å². The van der Waals surface area contributed by atoms with Crippen molar-refractivity contribution < 1.29 is 18.0 Å². The van der Waals surface area contributed by atoms with Gasteiger partial charge in [0, 0.05) is 55.9 Å². The second-order valence-corrected chi connectivity index (χ2v) is 13.2. The topological polar surface area (TPSA) is 120 Å². The van der Waals surface area contributed by atoms with Crippen molar-refractivity contribution in [3.8, 4) is 0 Å². The Morgan fingerprint density at radius 3 is 2.52 bits per heavy atom. The Bertz CT molecular complexity index is 1410. The van der Waals surface area contributed by atoms with Gasteiger partial charge in [-0.25, -0.2) is 13.1 Å². The Labute approximate surface area is 241 Å². The second kappa shape index (κ2) is 11.0. The van der Waals surface area contributed by atoms with Crippen molar-refractivity contribution in [1.29, 1.82) is 0 Å². The van der Waals surface area contributed by atoms with Crippen LogP contribution >= 0.6 is 12.4 Å². The Morgan fingerprint density at radius 2 is 1.88 bits per heavy atom. The van der Waals surface area contributed by atoms with Gasteiger partial charge in [-0.05, 0) is 63.8 Å². The van der Waals surface area contributed by atoms with Gasteiger partial charge in [-0.1, -0.05) is 6.58 Å². The molecule has 3 aliphatic heterocycles. The number of halogens is 1. The lowest BCUT2D eigenvalue weighted by atomic mass is 10.1. The summed E-state index contributed by atoms with van der Waals surface area (Å²) in [5.74, 6) is 0.0446. The molecule has 2 aromatic rings. The van der Waals surface area contributed by atoms with Gasteiger partial charge in [0.25, 0.3) is 0 Å². The summed E-state index contributed by atoms with van der Waals surface area (Å²) in [5, 5.41) is 8.86. The fourth-order valence-corrected chi connectivity index (χ4v) is 7.54. The molecule has 1 unspecified atom stereocenters. The molecular formula is C27H38ClN7O4S. The Balaban J connectivity index is 0.00000323. The molecule has 11 nitrogen and oxygen atoms in total. The van der Waals surface area contributed by atoms with E-state index in [0.717, 1.165) is 55.2 Å². The minimum Gasteiger partial charge on any atom is -0.367 e. The van der Waals surface area contributed by atoms with Crippen molar-refractivity contribution >= 4 is 50.8 Å². The van der Waals surface area contributed by atoms with Crippen molar-refractivity contribution in [3.63, 3.8) is 0 Å². The number of anilines is 1. The zero-order chi connectivity index (χ0) is 27.4. The Morgan fingerprint density at radius 1 is 1.12 bits per heavy atom. The molecule has 0 spiro atoms. The Kier molecular flexibility index (Phi) is 7.90. The predicted octanol–water partition coefficient (Wildman–Crippen LogP) is 1.65. The fourth-order valence-electron chi connectivity index (χ4n) is 6.04. The molecule has 13 heteroatoms. The van der Waals surface area contributed by atoms with E-state index in [4.69, 9.17) is 5.10 Å². The summed E-state index contributed by atoms with van der Waals surface area (Å²) in [6.07, 6.45) is 7.39. The molecule has 2 amide bonds. The van der Waals surface area contributed by atoms with E-state index in [9.17, 15) is 18.0 Å². The van der Waals surface area contributed by atoms with Crippen LogP contribution in [0.25, 0.3) is 10.9 Å². The number of carbonyl (C=O) groups is 2. The minimum atomic E-state index is -3.76. The summed E-state index contributed by atoms with van der Waals surface area (Å²) in [7, 11) is -3.76. The smallest absolute Gasteiger partial charge is 0.246 e. The van der Waals surface area contributed by atoms with Crippen LogP contribution in [0.5, 0.6) is 0 Å². The number of rotatable bonds is 7. The van der Waals surface area contributed by atoms with Gasteiger partial charge in [-0.3, -0.25) is 14.3 Å². The number of aromatic nitrogens is 2. The minimum absolute atomic E-state index is 0. The monoisotopic (exact) mass is 591 g/mol. The van der Waals surface area contributed by atoms with E-state index in [1.54, 1.807) is 23.2 Å². The van der Waals surface area contributed by atoms with Crippen LogP contribution in [-0.4, -0.2) is 97.2 Å². The summed E-state index contributed by atoms with van der Waals surface area (Å²) < 4.78 is 31.8. The van der Waals surface area contributed by atoms with Crippen molar-refractivity contribution in [3.05, 3.63) is 31.0 Å². The van der Waals surface area contributed by atoms with Gasteiger partial charge in [-0.2, -0.15) is 5.10 Å². The number of nitrogens with zero attached hydrogens (tertiary/aromatic N) is 5. The van der Waals surface area contributed by atoms with E-state index in [2.05, 4.69) is 21.5 Å². The highest BCUT2D eigenvalue weighted by Gasteiger charge is 2.42. The molecule has 0 radical (unpaired) electrons. The van der Waals surface area contributed by atoms with Crippen LogP contribution in [0.3, 0.4) is 0 Å². The highest BCUT2D eigenvalue weighted by Crippen LogP contribution is 2.38. The maximum Gasteiger partial charge on any atom is 0.246 e. The lowest BCUT2D eigenvalue weighted by molar-refractivity contribution is -0.133. The normalized spacial score (nSPS) is 24.3. The van der Waals surface area contributed by atoms with E-state index in [-0.39, 0.29) is 41.2 Å². The summed E-state index contributed by atoms with van der Waals surface area (Å²) in [4.78, 5) is 31.2. The number of fused-ring (bicyclic) bond motifs is 1. The third kappa shape index (κ3) is 5.46. The molecule has 1 aliphatic carbocycles. The average Bonchev–Trinajstić information content (AvgIpc) is 3.41. The molecule has 1 aromatic heterocycles. The van der Waals surface area contributed by atoms with Crippen molar-refractivity contribution in [1.82, 2.24) is 29.6 Å². The quantitative estimate of drug-likeness (QED) is 0.470. The maximum absolute atomic E-state index is 13.5. The number of sulfonamides is 1. The molecule has 0 bridgehead atoms. The van der Waals surface area contributed by atoms with Gasteiger partial charge in [-0.15, -0.1) is 12.4 Å². The summed E-state index contributed by atoms with van der Waals surface area (Å²) in [6.45, 7) is 9.90. The van der Waals surface area contributed by atoms with Gasteiger partial charge >= 0.3 is 0 Å². The number of benzene rings is 1. The van der Waals surface area contributed by atoms with Crippen LogP contribution in [0.4, 0.5) is 5.69 Å². The largest absolute Gasteiger partial charge is 0.367 e. The standard InChI is InChI=1S/C27H37N7O4S.ClH/c1-3-25(35)33-10-6-19(18-33)34-24-16-20(39(37,38)30-27(2)7-8-27)15-23(21(24)17-29-34)31-11-13-32(14-12-31)26(36)22-5-4-9-28-22;/h3,15-17,19,22,28,30H,1,4-14,18H2,2H3;1H/t19?,22-;/m0./s1. The zero-order valence-electron chi connectivity index (χ0n) is 22.8. The first kappa shape index (κ1) is 28.8. The van der Waals surface area contributed by atoms with Crippen LogP contribution < -0.4 is 14.9 Å². The van der Waals surface area contributed by atoms with Gasteiger partial charge in [0.05, 0.1) is 28.7 Å². The maximum atomic E-state index is 13.5. The second-order valence-electron chi connectivity index (χ2n) is 11.5. The first-order valence-electron chi connectivity index (χ1n) is 13.9. The molecule has 3 saturated heterocycles. The molecule has 2 N–H and O–H groups in total. The van der Waals surface area contributed by atoms with Gasteiger partial charge in [0.2, 0.25) is 21.8 Å². The first-order valence-corrected chi connectivity index (χ1v) is 15.4. The van der Waals surface area contributed by atoms with E-state index in [0.29, 0.717) is 39.3 Å². The van der Waals surface area contributed by atoms with E-state index < -0.39 is 15.6 Å². The molecule has 4 heterocycles. The molecule has 218 valence electrons. The molecule has 4 aliphatic rings. The van der Waals surface area contributed by atoms with Crippen LogP contribution in [-0.2, 0) is 19.6 Å². The molecule has 1 saturated carbocycles. The molecule has 1 aromatic carbocycles. The Hall–Kier alpha value is -2.67. The van der Waals surface area contributed by atoms with Gasteiger partial charge < -0.3 is 20.0 Å². The summed E-state index contributed by atoms with van der Waals surface area (Å²) in [6, 6.07) is 3.31. The predicted molar refractivity (Wildman–Crippen MR) is 155 cm³/mol. The van der Waals surface area contributed by atoms with Crippen LogP contribution in [0, 0.1) is 0 Å². The van der Waals surface area contributed by atoms with E-state index in [1.165, 1.54) is 6.08 Å². The van der Waals surface area contributed by atoms with Crippen molar-refractivity contribution in [2.75, 3.05) is 50.7 Å². The number of likely N-dealkylation sites (tertiary alicyclic amines) is 1. The van der Waals surface area contributed by atoms with E-state index in [1.807, 2.05) is 16.5 Å². The lowest BCUT2D eigenvalue weighted by Crippen LogP contribution is -2.53. The van der Waals surface area contributed by atoms with Crippen LogP contribution in [0.2, 0.25) is 0 Å².